The predicted octanol–water partition coefficient (Wildman–Crippen LogP) is 6.20. The van der Waals surface area contributed by atoms with Crippen LogP contribution in [-0.4, -0.2) is 45.1 Å². The first-order chi connectivity index (χ1) is 18.9. The third kappa shape index (κ3) is 4.42. The zero-order chi connectivity index (χ0) is 28.9. The highest BCUT2D eigenvalue weighted by molar-refractivity contribution is 6.74. The molecule has 40 heavy (non-hydrogen) atoms. The van der Waals surface area contributed by atoms with Crippen molar-refractivity contribution in [1.29, 1.82) is 0 Å². The molecule has 1 fully saturated rings. The molecule has 0 unspecified atom stereocenters. The van der Waals surface area contributed by atoms with Crippen molar-refractivity contribution in [2.24, 2.45) is 16.8 Å². The molecular formula is C32H37NO6Si. The van der Waals surface area contributed by atoms with Gasteiger partial charge in [-0.2, -0.15) is 0 Å². The van der Waals surface area contributed by atoms with Gasteiger partial charge in [0.05, 0.1) is 24.4 Å². The van der Waals surface area contributed by atoms with E-state index in [1.807, 2.05) is 42.5 Å². The van der Waals surface area contributed by atoms with E-state index in [0.717, 1.165) is 35.2 Å². The third-order valence-electron chi connectivity index (χ3n) is 9.24. The van der Waals surface area contributed by atoms with E-state index in [-0.39, 0.29) is 29.2 Å². The van der Waals surface area contributed by atoms with Gasteiger partial charge in [0.2, 0.25) is 14.2 Å². The number of nitrogens with zero attached hydrogens (tertiary/aromatic N) is 1. The molecule has 2 aromatic rings. The van der Waals surface area contributed by atoms with E-state index < -0.39 is 25.8 Å². The van der Waals surface area contributed by atoms with Crippen molar-refractivity contribution in [3.63, 3.8) is 0 Å². The zero-order valence-electron chi connectivity index (χ0n) is 24.0. The average molecular weight is 560 g/mol. The van der Waals surface area contributed by atoms with Crippen molar-refractivity contribution in [3.05, 3.63) is 82.6 Å². The molecule has 3 aliphatic carbocycles. The van der Waals surface area contributed by atoms with Gasteiger partial charge in [0.25, 0.3) is 0 Å². The molecular weight excluding hydrogens is 522 g/mol. The molecule has 2 aromatic carbocycles. The number of carbonyl (C=O) groups is 3. The molecule has 7 nitrogen and oxygen atoms in total. The standard InChI is InChI=1S/C32H37NO6Si/c1-31(2,3)40(5,6)39-27-24(18-19-34)23-16-17-25(27)32(26(23)20-12-14-22(15-13-20)29(35)37-4)30(36)38-28(33-32)21-10-8-7-9-11-21/h7-15,19,23,25-26H,16-18H2,1-6H3/t23-,25+,26+,32-/m1/s1. The lowest BCUT2D eigenvalue weighted by Gasteiger charge is -2.54. The molecule has 1 heterocycles. The van der Waals surface area contributed by atoms with Crippen LogP contribution in [0.1, 0.15) is 67.4 Å². The number of fused-ring (bicyclic) bond motifs is 1. The Hall–Kier alpha value is -3.52. The quantitative estimate of drug-likeness (QED) is 0.228. The molecule has 2 bridgehead atoms. The van der Waals surface area contributed by atoms with Crippen molar-refractivity contribution >= 4 is 32.4 Å². The van der Waals surface area contributed by atoms with Gasteiger partial charge in [0.1, 0.15) is 6.29 Å². The summed E-state index contributed by atoms with van der Waals surface area (Å²) in [6, 6.07) is 16.6. The van der Waals surface area contributed by atoms with Crippen molar-refractivity contribution in [3.8, 4) is 0 Å². The second-order valence-electron chi connectivity index (χ2n) is 12.4. The second kappa shape index (κ2) is 10.1. The third-order valence-corrected chi connectivity index (χ3v) is 13.6. The topological polar surface area (TPSA) is 91.3 Å². The zero-order valence-corrected chi connectivity index (χ0v) is 25.0. The first kappa shape index (κ1) is 28.0. The Balaban J connectivity index is 1.72. The molecule has 0 saturated heterocycles. The molecule has 0 N–H and O–H groups in total. The summed E-state index contributed by atoms with van der Waals surface area (Å²) in [6.45, 7) is 10.9. The van der Waals surface area contributed by atoms with Crippen molar-refractivity contribution in [2.75, 3.05) is 7.11 Å². The van der Waals surface area contributed by atoms with Gasteiger partial charge in [-0.1, -0.05) is 51.1 Å². The van der Waals surface area contributed by atoms with Gasteiger partial charge in [-0.25, -0.2) is 14.6 Å². The number of aldehydes is 1. The second-order valence-corrected chi connectivity index (χ2v) is 17.2. The molecule has 0 radical (unpaired) electrons. The lowest BCUT2D eigenvalue weighted by atomic mass is 9.52. The summed E-state index contributed by atoms with van der Waals surface area (Å²) < 4.78 is 17.8. The fourth-order valence-corrected chi connectivity index (χ4v) is 7.36. The Kier molecular flexibility index (Phi) is 7.11. The minimum absolute atomic E-state index is 0.0755. The molecule has 1 aliphatic heterocycles. The summed E-state index contributed by atoms with van der Waals surface area (Å²) in [5.41, 5.74) is 1.74. The maximum Gasteiger partial charge on any atom is 0.342 e. The maximum atomic E-state index is 14.2. The molecule has 1 spiro atoms. The van der Waals surface area contributed by atoms with Gasteiger partial charge < -0.3 is 18.7 Å². The van der Waals surface area contributed by atoms with Crippen LogP contribution in [-0.2, 0) is 23.5 Å². The smallest absolute Gasteiger partial charge is 0.342 e. The van der Waals surface area contributed by atoms with Crippen molar-refractivity contribution < 1.29 is 28.3 Å². The van der Waals surface area contributed by atoms with Crippen LogP contribution < -0.4 is 0 Å². The first-order valence-electron chi connectivity index (χ1n) is 13.9. The molecule has 0 aromatic heterocycles. The summed E-state index contributed by atoms with van der Waals surface area (Å²) in [4.78, 5) is 43.5. The number of carbonyl (C=O) groups excluding carboxylic acids is 3. The Bertz CT molecular complexity index is 1390. The number of benzene rings is 2. The van der Waals surface area contributed by atoms with Gasteiger partial charge in [-0.15, -0.1) is 0 Å². The molecule has 6 rings (SSSR count). The predicted molar refractivity (Wildman–Crippen MR) is 155 cm³/mol. The highest BCUT2D eigenvalue weighted by atomic mass is 28.4. The normalized spacial score (nSPS) is 26.0. The number of cyclic esters (lactones) is 1. The van der Waals surface area contributed by atoms with E-state index in [9.17, 15) is 14.4 Å². The Morgan fingerprint density at radius 1 is 1.10 bits per heavy atom. The molecule has 0 amide bonds. The highest BCUT2D eigenvalue weighted by Crippen LogP contribution is 2.62. The van der Waals surface area contributed by atoms with Crippen LogP contribution in [0.5, 0.6) is 0 Å². The Labute approximate surface area is 236 Å². The maximum absolute atomic E-state index is 14.2. The van der Waals surface area contributed by atoms with E-state index in [2.05, 4.69) is 33.9 Å². The lowest BCUT2D eigenvalue weighted by Crippen LogP contribution is -2.58. The van der Waals surface area contributed by atoms with Crippen LogP contribution in [0.3, 0.4) is 0 Å². The Morgan fingerprint density at radius 2 is 1.77 bits per heavy atom. The summed E-state index contributed by atoms with van der Waals surface area (Å²) in [5.74, 6) is -0.670. The highest BCUT2D eigenvalue weighted by Gasteiger charge is 2.67. The van der Waals surface area contributed by atoms with E-state index in [1.165, 1.54) is 7.11 Å². The van der Waals surface area contributed by atoms with Gasteiger partial charge >= 0.3 is 11.9 Å². The monoisotopic (exact) mass is 559 g/mol. The summed E-state index contributed by atoms with van der Waals surface area (Å²) in [6.07, 6.45) is 2.67. The molecule has 4 atom stereocenters. The number of aliphatic imine (C=N–C) groups is 1. The van der Waals surface area contributed by atoms with Gasteiger partial charge in [0, 0.05) is 17.9 Å². The summed E-state index contributed by atoms with van der Waals surface area (Å²) in [7, 11) is -0.975. The lowest BCUT2D eigenvalue weighted by molar-refractivity contribution is -0.144. The van der Waals surface area contributed by atoms with Gasteiger partial charge in [-0.3, -0.25) is 0 Å². The number of allylic oxidation sites excluding steroid dienone is 1. The molecule has 4 aliphatic rings. The van der Waals surface area contributed by atoms with Crippen LogP contribution in [0, 0.1) is 11.8 Å². The SMILES string of the molecule is COC(=O)c1ccc([C@H]2[C@@H]3CC[C@@H](C(O[Si](C)(C)C(C)(C)C)=C3CC=O)[C@@]23N=C(c2ccccc2)OC3=O)cc1. The van der Waals surface area contributed by atoms with E-state index in [0.29, 0.717) is 17.9 Å². The molecule has 8 heteroatoms. The van der Waals surface area contributed by atoms with Crippen molar-refractivity contribution in [1.82, 2.24) is 0 Å². The fourth-order valence-electron chi connectivity index (χ4n) is 6.23. The number of hydrogen-bond acceptors (Lipinski definition) is 7. The average Bonchev–Trinajstić information content (AvgIpc) is 3.26. The number of hydrogen-bond donors (Lipinski definition) is 0. The van der Waals surface area contributed by atoms with Crippen LogP contribution in [0.25, 0.3) is 0 Å². The summed E-state index contributed by atoms with van der Waals surface area (Å²) in [5, 5.41) is -0.0755. The van der Waals surface area contributed by atoms with E-state index in [1.54, 1.807) is 12.1 Å². The minimum Gasteiger partial charge on any atom is -0.546 e. The molecule has 1 saturated carbocycles. The van der Waals surface area contributed by atoms with Gasteiger partial charge in [0.15, 0.2) is 5.54 Å². The van der Waals surface area contributed by atoms with E-state index in [4.69, 9.17) is 18.9 Å². The van der Waals surface area contributed by atoms with Crippen LogP contribution in [0.15, 0.2) is 70.9 Å². The minimum atomic E-state index is -2.32. The van der Waals surface area contributed by atoms with Crippen molar-refractivity contribution in [2.45, 2.75) is 69.6 Å². The first-order valence-corrected chi connectivity index (χ1v) is 16.8. The van der Waals surface area contributed by atoms with Crippen LogP contribution >= 0.6 is 0 Å². The number of esters is 2. The molecule has 210 valence electrons. The van der Waals surface area contributed by atoms with Crippen LogP contribution in [0.4, 0.5) is 0 Å². The summed E-state index contributed by atoms with van der Waals surface area (Å²) >= 11 is 0. The largest absolute Gasteiger partial charge is 0.546 e. The van der Waals surface area contributed by atoms with Gasteiger partial charge in [-0.05, 0) is 72.3 Å². The van der Waals surface area contributed by atoms with E-state index >= 15 is 0 Å². The Morgan fingerprint density at radius 3 is 2.38 bits per heavy atom. The number of rotatable bonds is 7. The number of methoxy groups -OCH3 is 1. The fraction of sp³-hybridized carbons (Fsp3) is 0.438. The van der Waals surface area contributed by atoms with Crippen LogP contribution in [0.2, 0.25) is 18.1 Å². The number of ether oxygens (including phenoxy) is 2.